The van der Waals surface area contributed by atoms with Gasteiger partial charge in [0, 0.05) is 13.0 Å². The fourth-order valence-electron chi connectivity index (χ4n) is 7.36. The number of ether oxygens (including phenoxy) is 2. The molecule has 1 unspecified atom stereocenters. The molecule has 0 spiro atoms. The molecule has 1 N–H and O–H groups in total. The maximum atomic E-state index is 12.3. The average Bonchev–Trinajstić information content (AvgIpc) is 3.23. The van der Waals surface area contributed by atoms with Gasteiger partial charge >= 0.3 is 5.97 Å². The number of rotatable bonds is 47. The van der Waals surface area contributed by atoms with E-state index in [1.54, 1.807) is 0 Å². The molecule has 0 aromatic rings. The van der Waals surface area contributed by atoms with Gasteiger partial charge in [-0.1, -0.05) is 248 Å². The number of esters is 1. The minimum atomic E-state index is -0.542. The van der Waals surface area contributed by atoms with Crippen molar-refractivity contribution in [1.82, 2.24) is 0 Å². The Balaban J connectivity index is 3.42. The summed E-state index contributed by atoms with van der Waals surface area (Å²) in [4.78, 5) is 12.3. The quantitative estimate of drug-likeness (QED) is 0.0378. The van der Waals surface area contributed by atoms with E-state index in [0.717, 1.165) is 57.8 Å². The molecule has 0 radical (unpaired) electrons. The molecule has 0 aliphatic carbocycles. The lowest BCUT2D eigenvalue weighted by molar-refractivity contribution is -0.154. The fraction of sp³-hybridized carbons (Fsp3) is 0.796. The zero-order valence-corrected chi connectivity index (χ0v) is 38.8. The molecule has 0 fully saturated rings. The number of hydrogen-bond acceptors (Lipinski definition) is 4. The molecule has 0 saturated carbocycles. The second-order valence-corrected chi connectivity index (χ2v) is 16.9. The highest BCUT2D eigenvalue weighted by molar-refractivity contribution is 5.69. The largest absolute Gasteiger partial charge is 0.457 e. The van der Waals surface area contributed by atoms with E-state index in [2.05, 4.69) is 74.6 Å². The van der Waals surface area contributed by atoms with E-state index in [-0.39, 0.29) is 12.6 Å². The summed E-state index contributed by atoms with van der Waals surface area (Å²) in [6, 6.07) is 0. The normalized spacial score (nSPS) is 12.8. The molecular weight excluding hydrogens is 713 g/mol. The number of aliphatic hydroxyl groups is 1. The molecule has 1 atom stereocenters. The molecule has 4 nitrogen and oxygen atoms in total. The molecule has 0 rings (SSSR count). The fourth-order valence-corrected chi connectivity index (χ4v) is 7.36. The Hall–Kier alpha value is -1.91. The third-order valence-corrected chi connectivity index (χ3v) is 11.1. The van der Waals surface area contributed by atoms with Crippen molar-refractivity contribution in [2.45, 2.75) is 258 Å². The van der Waals surface area contributed by atoms with Crippen molar-refractivity contribution in [3.63, 3.8) is 0 Å². The summed E-state index contributed by atoms with van der Waals surface area (Å²) < 4.78 is 11.2. The lowest BCUT2D eigenvalue weighted by Gasteiger charge is -2.16. The van der Waals surface area contributed by atoms with Crippen LogP contribution in [0.5, 0.6) is 0 Å². The second-order valence-electron chi connectivity index (χ2n) is 16.9. The van der Waals surface area contributed by atoms with Crippen LogP contribution in [-0.4, -0.2) is 37.0 Å². The first-order valence-corrected chi connectivity index (χ1v) is 25.4. The van der Waals surface area contributed by atoms with Crippen molar-refractivity contribution in [3.8, 4) is 0 Å². The molecule has 0 bridgehead atoms. The third kappa shape index (κ3) is 48.5. The van der Waals surface area contributed by atoms with Crippen molar-refractivity contribution in [2.24, 2.45) is 0 Å². The Morgan fingerprint density at radius 2 is 0.776 bits per heavy atom. The van der Waals surface area contributed by atoms with Gasteiger partial charge in [0.1, 0.15) is 6.10 Å². The van der Waals surface area contributed by atoms with Crippen LogP contribution in [0.3, 0.4) is 0 Å². The molecule has 0 aliphatic heterocycles. The highest BCUT2D eigenvalue weighted by Crippen LogP contribution is 2.16. The minimum Gasteiger partial charge on any atom is -0.457 e. The zero-order valence-electron chi connectivity index (χ0n) is 38.8. The summed E-state index contributed by atoms with van der Waals surface area (Å²) in [7, 11) is 0. The van der Waals surface area contributed by atoms with Crippen LogP contribution < -0.4 is 0 Å². The number of aliphatic hydroxyl groups excluding tert-OH is 1. The Morgan fingerprint density at radius 3 is 1.17 bits per heavy atom. The Morgan fingerprint density at radius 1 is 0.431 bits per heavy atom. The predicted octanol–water partition coefficient (Wildman–Crippen LogP) is 17.2. The van der Waals surface area contributed by atoms with Gasteiger partial charge in [0.05, 0.1) is 13.2 Å². The first-order valence-electron chi connectivity index (χ1n) is 25.4. The van der Waals surface area contributed by atoms with Gasteiger partial charge in [0.2, 0.25) is 0 Å². The van der Waals surface area contributed by atoms with Crippen LogP contribution in [0.1, 0.15) is 251 Å². The van der Waals surface area contributed by atoms with Crippen LogP contribution in [0, 0.1) is 0 Å². The summed E-state index contributed by atoms with van der Waals surface area (Å²) in [6.45, 7) is 5.25. The summed E-state index contributed by atoms with van der Waals surface area (Å²) in [5.74, 6) is -0.209. The Bertz CT molecular complexity index is 947. The molecule has 0 aromatic heterocycles. The first kappa shape index (κ1) is 56.1. The molecule has 4 heteroatoms. The Kier molecular flexibility index (Phi) is 49.5. The summed E-state index contributed by atoms with van der Waals surface area (Å²) in [5.41, 5.74) is 0. The van der Waals surface area contributed by atoms with Gasteiger partial charge in [-0.05, 0) is 57.8 Å². The lowest BCUT2D eigenvalue weighted by atomic mass is 10.0. The highest BCUT2D eigenvalue weighted by atomic mass is 16.6. The smallest absolute Gasteiger partial charge is 0.306 e. The van der Waals surface area contributed by atoms with Crippen molar-refractivity contribution in [3.05, 3.63) is 60.8 Å². The molecule has 0 amide bonds. The van der Waals surface area contributed by atoms with E-state index >= 15 is 0 Å². The SMILES string of the molecule is CC/C=C\C/C=C\C/C=C\C/C=C\C/C=C\CCCCCCCCCC(=O)OC(CO)COCCCCCCCCCCCCCCCCCCCCCCCCC. The van der Waals surface area contributed by atoms with Crippen molar-refractivity contribution in [2.75, 3.05) is 19.8 Å². The summed E-state index contributed by atoms with van der Waals surface area (Å²) >= 11 is 0. The number of carbonyl (C=O) groups excluding carboxylic acids is 1. The number of allylic oxidation sites excluding steroid dienone is 10. The number of hydrogen-bond donors (Lipinski definition) is 1. The summed E-state index contributed by atoms with van der Waals surface area (Å²) in [5, 5.41) is 9.65. The van der Waals surface area contributed by atoms with Gasteiger partial charge in [0.15, 0.2) is 0 Å². The third-order valence-electron chi connectivity index (χ3n) is 11.1. The Labute approximate surface area is 362 Å². The molecule has 0 aliphatic rings. The predicted molar refractivity (Wildman–Crippen MR) is 256 cm³/mol. The van der Waals surface area contributed by atoms with Crippen molar-refractivity contribution >= 4 is 5.97 Å². The van der Waals surface area contributed by atoms with Crippen molar-refractivity contribution < 1.29 is 19.4 Å². The van der Waals surface area contributed by atoms with E-state index < -0.39 is 6.10 Å². The van der Waals surface area contributed by atoms with Gasteiger partial charge in [-0.2, -0.15) is 0 Å². The molecule has 0 aromatic carbocycles. The zero-order chi connectivity index (χ0) is 41.9. The van der Waals surface area contributed by atoms with E-state index in [4.69, 9.17) is 9.47 Å². The molecule has 338 valence electrons. The highest BCUT2D eigenvalue weighted by Gasteiger charge is 2.13. The first-order chi connectivity index (χ1) is 28.7. The van der Waals surface area contributed by atoms with E-state index in [9.17, 15) is 9.90 Å². The van der Waals surface area contributed by atoms with E-state index in [1.165, 1.54) is 173 Å². The number of unbranched alkanes of at least 4 members (excludes halogenated alkanes) is 29. The monoisotopic (exact) mass is 811 g/mol. The van der Waals surface area contributed by atoms with Crippen LogP contribution in [0.2, 0.25) is 0 Å². The van der Waals surface area contributed by atoms with Gasteiger partial charge in [-0.15, -0.1) is 0 Å². The minimum absolute atomic E-state index is 0.176. The van der Waals surface area contributed by atoms with Crippen LogP contribution in [0.25, 0.3) is 0 Å². The topological polar surface area (TPSA) is 55.8 Å². The maximum absolute atomic E-state index is 12.3. The molecule has 0 heterocycles. The molecule has 0 saturated heterocycles. The van der Waals surface area contributed by atoms with Gasteiger partial charge < -0.3 is 14.6 Å². The van der Waals surface area contributed by atoms with E-state index in [0.29, 0.717) is 19.6 Å². The standard InChI is InChI=1S/C54H98O4/c1-3-5-7-9-11-13-15-17-19-21-23-25-27-29-31-33-35-37-39-41-43-45-47-49-54(56)58-53(51-55)52-57-50-48-46-44-42-40-38-36-34-32-30-28-26-24-22-20-18-16-14-12-10-8-6-4-2/h5,7,11,13,17,19,23,25,29,31,53,55H,3-4,6,8-10,12,14-16,18,20-22,24,26-28,30,32-52H2,1-2H3/b7-5-,13-11-,19-17-,25-23-,31-29-. The molecular formula is C54H98O4. The molecule has 58 heavy (non-hydrogen) atoms. The van der Waals surface area contributed by atoms with E-state index in [1.807, 2.05) is 0 Å². The lowest BCUT2D eigenvalue weighted by Crippen LogP contribution is -2.27. The van der Waals surface area contributed by atoms with Crippen LogP contribution in [0.15, 0.2) is 60.8 Å². The van der Waals surface area contributed by atoms with Crippen LogP contribution in [0.4, 0.5) is 0 Å². The average molecular weight is 811 g/mol. The maximum Gasteiger partial charge on any atom is 0.306 e. The second kappa shape index (κ2) is 51.2. The van der Waals surface area contributed by atoms with Gasteiger partial charge in [-0.3, -0.25) is 4.79 Å². The van der Waals surface area contributed by atoms with Gasteiger partial charge in [0.25, 0.3) is 0 Å². The van der Waals surface area contributed by atoms with Gasteiger partial charge in [-0.25, -0.2) is 0 Å². The van der Waals surface area contributed by atoms with Crippen LogP contribution in [-0.2, 0) is 14.3 Å². The number of carbonyl (C=O) groups is 1. The van der Waals surface area contributed by atoms with Crippen molar-refractivity contribution in [1.29, 1.82) is 0 Å². The van der Waals surface area contributed by atoms with Crippen LogP contribution >= 0.6 is 0 Å². The summed E-state index contributed by atoms with van der Waals surface area (Å²) in [6.07, 6.45) is 68.8.